The van der Waals surface area contributed by atoms with Crippen molar-refractivity contribution in [3.8, 4) is 0 Å². The molecule has 2 aromatic rings. The average Bonchev–Trinajstić information content (AvgIpc) is 2.60. The lowest BCUT2D eigenvalue weighted by Gasteiger charge is -2.25. The summed E-state index contributed by atoms with van der Waals surface area (Å²) in [5.41, 5.74) is 1.63. The Hall–Kier alpha value is -2.59. The molecule has 25 heavy (non-hydrogen) atoms. The predicted octanol–water partition coefficient (Wildman–Crippen LogP) is 4.13. The van der Waals surface area contributed by atoms with Crippen molar-refractivity contribution in [1.29, 1.82) is 0 Å². The Labute approximate surface area is 153 Å². The molecular weight excluding hydrogens is 336 g/mol. The number of rotatable bonds is 7. The Bertz CT molecular complexity index is 729. The van der Waals surface area contributed by atoms with E-state index in [2.05, 4.69) is 11.9 Å². The van der Waals surface area contributed by atoms with Gasteiger partial charge in [0.25, 0.3) is 0 Å². The molecule has 4 nitrogen and oxygen atoms in total. The van der Waals surface area contributed by atoms with Crippen LogP contribution in [0.3, 0.4) is 0 Å². The maximum Gasteiger partial charge on any atom is 0.229 e. The summed E-state index contributed by atoms with van der Waals surface area (Å²) in [6, 6.07) is 16.1. The fraction of sp³-hybridized carbons (Fsp3) is 0.200. The second-order valence-corrected chi connectivity index (χ2v) is 6.07. The van der Waals surface area contributed by atoms with Crippen molar-refractivity contribution in [2.24, 2.45) is 0 Å². The molecule has 0 saturated carbocycles. The molecule has 1 unspecified atom stereocenters. The summed E-state index contributed by atoms with van der Waals surface area (Å²) in [7, 11) is 0. The molecule has 1 atom stereocenters. The van der Waals surface area contributed by atoms with Gasteiger partial charge in [-0.1, -0.05) is 48.0 Å². The van der Waals surface area contributed by atoms with Crippen LogP contribution in [0.15, 0.2) is 67.3 Å². The molecule has 2 rings (SSSR count). The lowest BCUT2D eigenvalue weighted by molar-refractivity contribution is -0.121. The highest BCUT2D eigenvalue weighted by molar-refractivity contribution is 6.30. The summed E-state index contributed by atoms with van der Waals surface area (Å²) < 4.78 is 0. The normalized spacial score (nSPS) is 11.4. The minimum atomic E-state index is -0.418. The van der Waals surface area contributed by atoms with E-state index >= 15 is 0 Å². The van der Waals surface area contributed by atoms with Crippen molar-refractivity contribution in [2.75, 3.05) is 11.4 Å². The number of carbonyl (C=O) groups excluding carboxylic acids is 2. The van der Waals surface area contributed by atoms with E-state index in [1.54, 1.807) is 23.1 Å². The highest BCUT2D eigenvalue weighted by Crippen LogP contribution is 2.22. The summed E-state index contributed by atoms with van der Waals surface area (Å²) in [5.74, 6) is -0.289. The molecule has 0 heterocycles. The third-order valence-corrected chi connectivity index (χ3v) is 3.96. The number of anilines is 1. The van der Waals surface area contributed by atoms with Crippen molar-refractivity contribution < 1.29 is 9.59 Å². The molecule has 0 bridgehead atoms. The first-order valence-electron chi connectivity index (χ1n) is 8.00. The van der Waals surface area contributed by atoms with E-state index in [1.165, 1.54) is 6.92 Å². The van der Waals surface area contributed by atoms with Gasteiger partial charge < -0.3 is 10.2 Å². The molecule has 1 N–H and O–H groups in total. The predicted molar refractivity (Wildman–Crippen MR) is 102 cm³/mol. The number of hydrogen-bond acceptors (Lipinski definition) is 2. The van der Waals surface area contributed by atoms with E-state index in [4.69, 9.17) is 11.6 Å². The molecule has 0 aromatic heterocycles. The van der Waals surface area contributed by atoms with Crippen LogP contribution in [-0.2, 0) is 9.59 Å². The van der Waals surface area contributed by atoms with Gasteiger partial charge in [0.15, 0.2) is 0 Å². The van der Waals surface area contributed by atoms with Gasteiger partial charge >= 0.3 is 0 Å². The van der Waals surface area contributed by atoms with Crippen molar-refractivity contribution >= 4 is 29.1 Å². The molecular formula is C20H21ClN2O2. The standard InChI is InChI=1S/C20H21ClN2O2/c1-3-13-23(18-7-5-4-6-8-18)20(25)14-19(22-15(2)24)16-9-11-17(21)12-10-16/h3-12,19H,1,13-14H2,2H3,(H,22,24). The molecule has 5 heteroatoms. The van der Waals surface area contributed by atoms with Gasteiger partial charge in [-0.25, -0.2) is 0 Å². The first-order chi connectivity index (χ1) is 12.0. The smallest absolute Gasteiger partial charge is 0.229 e. The number of para-hydroxylation sites is 1. The van der Waals surface area contributed by atoms with Crippen LogP contribution in [0.2, 0.25) is 5.02 Å². The topological polar surface area (TPSA) is 49.4 Å². The van der Waals surface area contributed by atoms with Crippen molar-refractivity contribution in [2.45, 2.75) is 19.4 Å². The number of carbonyl (C=O) groups is 2. The van der Waals surface area contributed by atoms with Crippen LogP contribution in [0.4, 0.5) is 5.69 Å². The van der Waals surface area contributed by atoms with E-state index in [9.17, 15) is 9.59 Å². The van der Waals surface area contributed by atoms with E-state index < -0.39 is 6.04 Å². The minimum Gasteiger partial charge on any atom is -0.349 e. The number of nitrogens with zero attached hydrogens (tertiary/aromatic N) is 1. The van der Waals surface area contributed by atoms with Crippen molar-refractivity contribution in [3.05, 3.63) is 77.8 Å². The zero-order chi connectivity index (χ0) is 18.2. The van der Waals surface area contributed by atoms with Gasteiger partial charge in [0, 0.05) is 24.2 Å². The van der Waals surface area contributed by atoms with Crippen LogP contribution in [0.1, 0.15) is 24.9 Å². The van der Waals surface area contributed by atoms with Crippen LogP contribution in [-0.4, -0.2) is 18.4 Å². The Morgan fingerprint density at radius 1 is 1.16 bits per heavy atom. The van der Waals surface area contributed by atoms with Gasteiger partial charge in [0.2, 0.25) is 11.8 Å². The first-order valence-corrected chi connectivity index (χ1v) is 8.38. The molecule has 2 aromatic carbocycles. The molecule has 0 radical (unpaired) electrons. The van der Waals surface area contributed by atoms with E-state index in [1.807, 2.05) is 42.5 Å². The summed E-state index contributed by atoms with van der Waals surface area (Å²) in [4.78, 5) is 26.1. The molecule has 2 amide bonds. The highest BCUT2D eigenvalue weighted by Gasteiger charge is 2.21. The third kappa shape index (κ3) is 5.47. The van der Waals surface area contributed by atoms with E-state index in [-0.39, 0.29) is 18.2 Å². The van der Waals surface area contributed by atoms with Crippen LogP contribution in [0.5, 0.6) is 0 Å². The molecule has 0 spiro atoms. The summed E-state index contributed by atoms with van der Waals surface area (Å²) in [6.07, 6.45) is 1.82. The molecule has 0 aliphatic rings. The number of benzene rings is 2. The van der Waals surface area contributed by atoms with Crippen LogP contribution in [0.25, 0.3) is 0 Å². The fourth-order valence-corrected chi connectivity index (χ4v) is 2.69. The van der Waals surface area contributed by atoms with E-state index in [0.29, 0.717) is 11.6 Å². The zero-order valence-corrected chi connectivity index (χ0v) is 14.9. The monoisotopic (exact) mass is 356 g/mol. The molecule has 0 fully saturated rings. The molecule has 0 aliphatic heterocycles. The number of nitrogens with one attached hydrogen (secondary N) is 1. The van der Waals surface area contributed by atoms with Crippen LogP contribution in [0, 0.1) is 0 Å². The maximum absolute atomic E-state index is 12.9. The largest absolute Gasteiger partial charge is 0.349 e. The first kappa shape index (κ1) is 18.7. The molecule has 0 aliphatic carbocycles. The number of hydrogen-bond donors (Lipinski definition) is 1. The second kappa shape index (κ2) is 9.04. The SMILES string of the molecule is C=CCN(C(=O)CC(NC(C)=O)c1ccc(Cl)cc1)c1ccccc1. The molecule has 130 valence electrons. The van der Waals surface area contributed by atoms with Gasteiger partial charge in [0.1, 0.15) is 0 Å². The van der Waals surface area contributed by atoms with Crippen molar-refractivity contribution in [1.82, 2.24) is 5.32 Å². The highest BCUT2D eigenvalue weighted by atomic mass is 35.5. The lowest BCUT2D eigenvalue weighted by atomic mass is 10.0. The summed E-state index contributed by atoms with van der Waals surface area (Å²) in [5, 5.41) is 3.45. The quantitative estimate of drug-likeness (QED) is 0.758. The molecule has 0 saturated heterocycles. The average molecular weight is 357 g/mol. The maximum atomic E-state index is 12.9. The fourth-order valence-electron chi connectivity index (χ4n) is 2.57. The Kier molecular flexibility index (Phi) is 6.78. The van der Waals surface area contributed by atoms with Crippen molar-refractivity contribution in [3.63, 3.8) is 0 Å². The number of amides is 2. The van der Waals surface area contributed by atoms with Gasteiger partial charge in [0.05, 0.1) is 12.5 Å². The zero-order valence-electron chi connectivity index (χ0n) is 14.1. The van der Waals surface area contributed by atoms with Gasteiger partial charge in [-0.2, -0.15) is 0 Å². The lowest BCUT2D eigenvalue weighted by Crippen LogP contribution is -2.36. The van der Waals surface area contributed by atoms with Gasteiger partial charge in [-0.15, -0.1) is 6.58 Å². The summed E-state index contributed by atoms with van der Waals surface area (Å²) in [6.45, 7) is 5.56. The Morgan fingerprint density at radius 2 is 1.80 bits per heavy atom. The number of halogens is 1. The Balaban J connectivity index is 2.23. The van der Waals surface area contributed by atoms with Crippen LogP contribution >= 0.6 is 11.6 Å². The third-order valence-electron chi connectivity index (χ3n) is 3.71. The second-order valence-electron chi connectivity index (χ2n) is 5.64. The summed E-state index contributed by atoms with van der Waals surface area (Å²) >= 11 is 5.93. The van der Waals surface area contributed by atoms with Gasteiger partial charge in [-0.3, -0.25) is 9.59 Å². The minimum absolute atomic E-state index is 0.0974. The van der Waals surface area contributed by atoms with E-state index in [0.717, 1.165) is 11.3 Å². The Morgan fingerprint density at radius 3 is 2.36 bits per heavy atom. The van der Waals surface area contributed by atoms with Crippen LogP contribution < -0.4 is 10.2 Å². The van der Waals surface area contributed by atoms with Gasteiger partial charge in [-0.05, 0) is 29.8 Å².